The highest BCUT2D eigenvalue weighted by molar-refractivity contribution is 4.64. The Bertz CT molecular complexity index is 83.1. The van der Waals surface area contributed by atoms with E-state index in [1.54, 1.807) is 0 Å². The molecule has 0 saturated heterocycles. The third-order valence-electron chi connectivity index (χ3n) is 0.264. The van der Waals surface area contributed by atoms with Gasteiger partial charge in [-0.15, -0.1) is 12.3 Å². The van der Waals surface area contributed by atoms with Crippen LogP contribution in [0.1, 0.15) is 15.2 Å². The van der Waals surface area contributed by atoms with Crippen molar-refractivity contribution in [2.75, 3.05) is 6.61 Å². The highest BCUT2D eigenvalue weighted by atomic mass is 16.3. The second kappa shape index (κ2) is 7.46. The Morgan fingerprint density at radius 1 is 2.00 bits per heavy atom. The molecular formula is C6H13O3-. The molecule has 0 aromatic carbocycles. The molecule has 0 aromatic heterocycles. The van der Waals surface area contributed by atoms with Gasteiger partial charge in [-0.2, -0.15) is 0 Å². The molecule has 1 unspecified atom stereocenters. The molecule has 0 saturated carbocycles. The maximum atomic E-state index is 9.51. The van der Waals surface area contributed by atoms with Crippen molar-refractivity contribution in [2.45, 2.75) is 19.9 Å². The van der Waals surface area contributed by atoms with Crippen LogP contribution in [0.3, 0.4) is 0 Å². The summed E-state index contributed by atoms with van der Waals surface area (Å²) in [7, 11) is 0. The lowest BCUT2D eigenvalue weighted by Crippen LogP contribution is -2.03. The predicted octanol–water partition coefficient (Wildman–Crippen LogP) is -0.760. The zero-order valence-corrected chi connectivity index (χ0v) is 5.50. The molecule has 2 N–H and O–H groups in total. The molecule has 56 valence electrons. The van der Waals surface area contributed by atoms with E-state index in [2.05, 4.69) is 6.58 Å². The maximum absolute atomic E-state index is 9.51. The van der Waals surface area contributed by atoms with Gasteiger partial charge in [0.05, 0.1) is 12.7 Å². The Balaban J connectivity index is 0. The van der Waals surface area contributed by atoms with E-state index in [9.17, 15) is 5.11 Å². The first-order valence-corrected chi connectivity index (χ1v) is 2.47. The van der Waals surface area contributed by atoms with Crippen LogP contribution in [0.15, 0.2) is 12.3 Å². The fourth-order valence-electron chi connectivity index (χ4n) is 0. The smallest absolute Gasteiger partial charge is 0.0742 e. The molecule has 0 amide bonds. The van der Waals surface area contributed by atoms with Crippen LogP contribution in [0.2, 0.25) is 0 Å². The van der Waals surface area contributed by atoms with E-state index in [-0.39, 0.29) is 19.3 Å². The lowest BCUT2D eigenvalue weighted by Gasteiger charge is -1.92. The van der Waals surface area contributed by atoms with Gasteiger partial charge in [0.15, 0.2) is 0 Å². The van der Waals surface area contributed by atoms with Crippen LogP contribution in [-0.4, -0.2) is 22.9 Å². The van der Waals surface area contributed by atoms with Crippen molar-refractivity contribution in [1.82, 2.24) is 0 Å². The minimum absolute atomic E-state index is 0.139. The van der Waals surface area contributed by atoms with E-state index in [0.29, 0.717) is 0 Å². The molecule has 0 aliphatic carbocycles. The van der Waals surface area contributed by atoms with Gasteiger partial charge in [0.1, 0.15) is 0 Å². The van der Waals surface area contributed by atoms with Crippen LogP contribution < -0.4 is 5.11 Å². The summed E-state index contributed by atoms with van der Waals surface area (Å²) in [5, 5.41) is 25.5. The highest BCUT2D eigenvalue weighted by Crippen LogP contribution is 1.68. The van der Waals surface area contributed by atoms with Gasteiger partial charge >= 0.3 is 0 Å². The fourth-order valence-corrected chi connectivity index (χ4v) is 0. The van der Waals surface area contributed by atoms with E-state index >= 15 is 0 Å². The molecule has 0 bridgehead atoms. The van der Waals surface area contributed by atoms with Gasteiger partial charge in [0.25, 0.3) is 0 Å². The highest BCUT2D eigenvalue weighted by Gasteiger charge is 1.83. The zero-order valence-electron chi connectivity index (χ0n) is 6.50. The van der Waals surface area contributed by atoms with Crippen LogP contribution in [0.4, 0.5) is 0 Å². The van der Waals surface area contributed by atoms with E-state index < -0.39 is 6.10 Å². The molecule has 0 aliphatic heterocycles. The maximum Gasteiger partial charge on any atom is 0.0742 e. The molecule has 1 atom stereocenters. The van der Waals surface area contributed by atoms with Crippen LogP contribution in [0.5, 0.6) is 0 Å². The molecular weight excluding hydrogens is 120 g/mol. The molecule has 0 spiro atoms. The van der Waals surface area contributed by atoms with Gasteiger partial charge in [-0.25, -0.2) is 0 Å². The van der Waals surface area contributed by atoms with Gasteiger partial charge in [-0.05, 0) is 6.92 Å². The average Bonchev–Trinajstić information content (AvgIpc) is 1.89. The van der Waals surface area contributed by atoms with Gasteiger partial charge in [0.2, 0.25) is 0 Å². The Labute approximate surface area is 56.7 Å². The van der Waals surface area contributed by atoms with Gasteiger partial charge in [-0.1, -0.05) is 6.90 Å². The molecule has 0 aliphatic rings. The lowest BCUT2D eigenvalue weighted by atomic mass is 10.5. The summed E-state index contributed by atoms with van der Waals surface area (Å²) in [5.74, 6) is -0.329. The van der Waals surface area contributed by atoms with E-state index in [0.717, 1.165) is 0 Å². The number of aliphatic hydroxyl groups is 2. The molecule has 0 heterocycles. The van der Waals surface area contributed by atoms with Gasteiger partial charge in [-0.3, -0.25) is 0 Å². The van der Waals surface area contributed by atoms with Crippen LogP contribution in [0, 0.1) is 0 Å². The number of hydrogen-bond donors (Lipinski definition) is 2. The van der Waals surface area contributed by atoms with Crippen molar-refractivity contribution in [2.24, 2.45) is 0 Å². The third-order valence-corrected chi connectivity index (χ3v) is 0.264. The van der Waals surface area contributed by atoms with Gasteiger partial charge in [0, 0.05) is 1.37 Å². The number of hydrogen-bond acceptors (Lipinski definition) is 3. The number of allylic oxidation sites excluding steroid dienone is 1. The summed E-state index contributed by atoms with van der Waals surface area (Å²) >= 11 is 0. The van der Waals surface area contributed by atoms with Crippen LogP contribution >= 0.6 is 0 Å². The number of aliphatic hydroxyl groups excluding tert-OH is 2. The van der Waals surface area contributed by atoms with E-state index in [1.807, 2.05) is 0 Å². The summed E-state index contributed by atoms with van der Waals surface area (Å²) in [6, 6.07) is 0. The number of rotatable bonds is 1. The first-order chi connectivity index (χ1) is 4.54. The summed E-state index contributed by atoms with van der Waals surface area (Å²) in [4.78, 5) is 0. The second-order valence-electron chi connectivity index (χ2n) is 1.57. The third kappa shape index (κ3) is 104. The van der Waals surface area contributed by atoms with Crippen molar-refractivity contribution in [3.05, 3.63) is 12.3 Å². The zero-order chi connectivity index (χ0) is 8.57. The van der Waals surface area contributed by atoms with E-state index in [4.69, 9.17) is 11.6 Å². The monoisotopic (exact) mass is 134 g/mol. The van der Waals surface area contributed by atoms with Crippen LogP contribution in [0.25, 0.3) is 0 Å². The lowest BCUT2D eigenvalue weighted by molar-refractivity contribution is -0.300. The molecule has 9 heavy (non-hydrogen) atoms. The Morgan fingerprint density at radius 2 is 2.22 bits per heavy atom. The summed E-state index contributed by atoms with van der Waals surface area (Å²) < 4.78 is 6.25. The molecule has 3 heteroatoms. The first-order valence-electron chi connectivity index (χ1n) is 3.18. The molecule has 0 rings (SSSR count). The van der Waals surface area contributed by atoms with E-state index in [1.165, 1.54) is 6.92 Å². The summed E-state index contributed by atoms with van der Waals surface area (Å²) in [6.45, 7) is 4.12. The van der Waals surface area contributed by atoms with Crippen molar-refractivity contribution < 1.29 is 16.7 Å². The Morgan fingerprint density at radius 3 is 2.22 bits per heavy atom. The first kappa shape index (κ1) is 8.46. The summed E-state index contributed by atoms with van der Waals surface area (Å²) in [6.07, 6.45) is -0.560. The Hall–Kier alpha value is -0.540. The molecule has 0 fully saturated rings. The van der Waals surface area contributed by atoms with Crippen molar-refractivity contribution in [1.29, 1.82) is 0 Å². The SMILES string of the molecule is CC(O)CO.[2H]CC(=C)[O-]. The minimum Gasteiger partial charge on any atom is -0.876 e. The van der Waals surface area contributed by atoms with Crippen molar-refractivity contribution in [3.8, 4) is 0 Å². The molecule has 3 nitrogen and oxygen atoms in total. The van der Waals surface area contributed by atoms with Crippen molar-refractivity contribution >= 4 is 0 Å². The topological polar surface area (TPSA) is 63.5 Å². The fraction of sp³-hybridized carbons (Fsp3) is 0.667. The standard InChI is InChI=1S/C3H8O2.C3H6O/c1-3(5)2-4;1-3(2)4/h3-5H,2H2,1H3;4H,1H2,2H3/p-1/i;2D. The summed E-state index contributed by atoms with van der Waals surface area (Å²) in [5.41, 5.74) is 0. The largest absolute Gasteiger partial charge is 0.876 e. The van der Waals surface area contributed by atoms with Gasteiger partial charge < -0.3 is 15.3 Å². The molecule has 0 aromatic rings. The van der Waals surface area contributed by atoms with Crippen LogP contribution in [-0.2, 0) is 0 Å². The Kier molecular flexibility index (Phi) is 7.01. The normalized spacial score (nSPS) is 12.6. The van der Waals surface area contributed by atoms with Crippen molar-refractivity contribution in [3.63, 3.8) is 0 Å². The second-order valence-corrected chi connectivity index (χ2v) is 1.57. The minimum atomic E-state index is -0.560. The molecule has 0 radical (unpaired) electrons. The quantitative estimate of drug-likeness (QED) is 0.463. The predicted molar refractivity (Wildman–Crippen MR) is 33.6 cm³/mol. The average molecular weight is 134 g/mol.